The molecule has 1 aromatic carbocycles. The first-order valence-corrected chi connectivity index (χ1v) is 18.1. The van der Waals surface area contributed by atoms with Gasteiger partial charge in [-0.15, -0.1) is 0 Å². The van der Waals surface area contributed by atoms with Gasteiger partial charge in [0, 0.05) is 57.0 Å². The maximum Gasteiger partial charge on any atom is 0.258 e. The number of carbonyl (C=O) groups excluding carboxylic acids is 1. The van der Waals surface area contributed by atoms with E-state index in [9.17, 15) is 9.18 Å². The van der Waals surface area contributed by atoms with E-state index in [0.29, 0.717) is 34.9 Å². The van der Waals surface area contributed by atoms with Crippen molar-refractivity contribution in [3.8, 4) is 11.5 Å². The van der Waals surface area contributed by atoms with Crippen molar-refractivity contribution in [1.82, 2.24) is 25.1 Å². The molecule has 3 saturated heterocycles. The summed E-state index contributed by atoms with van der Waals surface area (Å²) in [6.45, 7) is 15.0. The average Bonchev–Trinajstić information content (AvgIpc) is 3.53. The number of ether oxygens (including phenoxy) is 2. The molecular weight excluding hydrogens is 595 g/mol. The van der Waals surface area contributed by atoms with Crippen molar-refractivity contribution < 1.29 is 18.7 Å². The highest BCUT2D eigenvalue weighted by atomic mass is 19.1. The van der Waals surface area contributed by atoms with Crippen LogP contribution in [0, 0.1) is 17.2 Å². The summed E-state index contributed by atoms with van der Waals surface area (Å²) in [5.74, 6) is 1.34. The Morgan fingerprint density at radius 1 is 1.00 bits per heavy atom. The first-order chi connectivity index (χ1) is 22.7. The minimum atomic E-state index is -0.473. The summed E-state index contributed by atoms with van der Waals surface area (Å²) in [4.78, 5) is 29.1. The van der Waals surface area contributed by atoms with Gasteiger partial charge in [0.1, 0.15) is 17.9 Å². The molecule has 1 saturated carbocycles. The van der Waals surface area contributed by atoms with E-state index < -0.39 is 5.82 Å². The number of benzene rings is 1. The van der Waals surface area contributed by atoms with Gasteiger partial charge in [0.2, 0.25) is 0 Å². The summed E-state index contributed by atoms with van der Waals surface area (Å²) in [6, 6.07) is 5.38. The predicted octanol–water partition coefficient (Wildman–Crippen LogP) is 6.29. The molecule has 1 atom stereocenters. The molecule has 6 rings (SSSR count). The highest BCUT2D eigenvalue weighted by Gasteiger charge is 2.39. The molecule has 0 radical (unpaired) electrons. The SMILES string of the molecule is CC(C)N(C(=O)c1cc(F)ccc1Oc1cncnc1N1CC[C@@H](CN2CCC3(CCC(NC4CCOCC4)CC3)CC2)C1)C(C)C. The lowest BCUT2D eigenvalue weighted by molar-refractivity contribution is 0.0426. The monoisotopic (exact) mass is 650 g/mol. The van der Waals surface area contributed by atoms with Gasteiger partial charge in [0.25, 0.3) is 5.91 Å². The zero-order valence-corrected chi connectivity index (χ0v) is 28.9. The van der Waals surface area contributed by atoms with Gasteiger partial charge in [0.15, 0.2) is 11.6 Å². The van der Waals surface area contributed by atoms with E-state index in [2.05, 4.69) is 25.1 Å². The lowest BCUT2D eigenvalue weighted by Crippen LogP contribution is -2.48. The van der Waals surface area contributed by atoms with Gasteiger partial charge in [-0.1, -0.05) is 0 Å². The molecule has 1 N–H and O–H groups in total. The van der Waals surface area contributed by atoms with Crippen molar-refractivity contribution in [3.63, 3.8) is 0 Å². The number of carbonyl (C=O) groups is 1. The predicted molar refractivity (Wildman–Crippen MR) is 183 cm³/mol. The highest BCUT2D eigenvalue weighted by molar-refractivity contribution is 5.97. The first-order valence-electron chi connectivity index (χ1n) is 18.1. The second kappa shape index (κ2) is 15.2. The number of rotatable bonds is 10. The molecule has 4 aliphatic rings. The summed E-state index contributed by atoms with van der Waals surface area (Å²) < 4.78 is 26.3. The van der Waals surface area contributed by atoms with E-state index >= 15 is 0 Å². The summed E-state index contributed by atoms with van der Waals surface area (Å²) in [7, 11) is 0. The minimum absolute atomic E-state index is 0.0410. The summed E-state index contributed by atoms with van der Waals surface area (Å²) in [5, 5.41) is 3.95. The molecule has 3 aliphatic heterocycles. The third-order valence-electron chi connectivity index (χ3n) is 11.2. The average molecular weight is 651 g/mol. The molecule has 1 amide bonds. The van der Waals surface area contributed by atoms with Crippen molar-refractivity contribution in [2.75, 3.05) is 50.8 Å². The molecule has 258 valence electrons. The van der Waals surface area contributed by atoms with Crippen molar-refractivity contribution in [3.05, 3.63) is 42.1 Å². The van der Waals surface area contributed by atoms with Gasteiger partial charge in [-0.05, 0) is 128 Å². The molecule has 1 aliphatic carbocycles. The Bertz CT molecular complexity index is 1330. The lowest BCUT2D eigenvalue weighted by atomic mass is 9.67. The molecule has 2 aromatic rings. The van der Waals surface area contributed by atoms with Crippen LogP contribution in [0.1, 0.15) is 95.8 Å². The van der Waals surface area contributed by atoms with Crippen molar-refractivity contribution in [2.45, 2.75) is 110 Å². The zero-order chi connectivity index (χ0) is 33.0. The zero-order valence-electron chi connectivity index (χ0n) is 28.9. The van der Waals surface area contributed by atoms with E-state index in [-0.39, 0.29) is 23.6 Å². The largest absolute Gasteiger partial charge is 0.451 e. The van der Waals surface area contributed by atoms with Crippen LogP contribution in [0.4, 0.5) is 10.2 Å². The van der Waals surface area contributed by atoms with Crippen molar-refractivity contribution in [1.29, 1.82) is 0 Å². The number of halogens is 1. The number of amides is 1. The Balaban J connectivity index is 1.03. The summed E-state index contributed by atoms with van der Waals surface area (Å²) in [5.41, 5.74) is 0.745. The fraction of sp³-hybridized carbons (Fsp3) is 0.703. The van der Waals surface area contributed by atoms with E-state index in [0.717, 1.165) is 57.9 Å². The second-order valence-corrected chi connectivity index (χ2v) is 15.1. The maximum atomic E-state index is 14.4. The standard InChI is InChI=1S/C37H55FN6O3/c1-26(2)44(27(3)4)36(45)32-21-29(38)5-6-33(32)47-34-22-39-25-40-35(34)43-16-9-28(24-43)23-42-17-14-37(15-18-42)12-7-30(8-13-37)41-31-10-19-46-20-11-31/h5-6,21-22,25-28,30-31,41H,7-20,23-24H2,1-4H3/t28-/m0/s1. The summed E-state index contributed by atoms with van der Waals surface area (Å²) in [6.07, 6.45) is 14.6. The molecule has 1 spiro atoms. The fourth-order valence-electron chi connectivity index (χ4n) is 8.54. The Morgan fingerprint density at radius 3 is 2.40 bits per heavy atom. The molecule has 10 heteroatoms. The van der Waals surface area contributed by atoms with Gasteiger partial charge < -0.3 is 29.5 Å². The Labute approximate surface area is 280 Å². The van der Waals surface area contributed by atoms with E-state index in [1.165, 1.54) is 69.8 Å². The van der Waals surface area contributed by atoms with Crippen LogP contribution in [0.25, 0.3) is 0 Å². The van der Waals surface area contributed by atoms with Crippen LogP contribution >= 0.6 is 0 Å². The highest BCUT2D eigenvalue weighted by Crippen LogP contribution is 2.45. The second-order valence-electron chi connectivity index (χ2n) is 15.1. The maximum absolute atomic E-state index is 14.4. The van der Waals surface area contributed by atoms with Crippen molar-refractivity contribution in [2.24, 2.45) is 11.3 Å². The molecule has 9 nitrogen and oxygen atoms in total. The number of anilines is 1. The van der Waals surface area contributed by atoms with E-state index in [1.54, 1.807) is 17.4 Å². The van der Waals surface area contributed by atoms with E-state index in [4.69, 9.17) is 9.47 Å². The topological polar surface area (TPSA) is 83.1 Å². The Morgan fingerprint density at radius 2 is 1.70 bits per heavy atom. The number of nitrogens with zero attached hydrogens (tertiary/aromatic N) is 5. The van der Waals surface area contributed by atoms with Gasteiger partial charge in [-0.2, -0.15) is 0 Å². The molecule has 1 aromatic heterocycles. The van der Waals surface area contributed by atoms with Crippen LogP contribution in [-0.4, -0.2) is 95.8 Å². The lowest BCUT2D eigenvalue weighted by Gasteiger charge is -2.47. The molecule has 47 heavy (non-hydrogen) atoms. The number of hydrogen-bond donors (Lipinski definition) is 1. The number of aromatic nitrogens is 2. The smallest absolute Gasteiger partial charge is 0.258 e. The fourth-order valence-corrected chi connectivity index (χ4v) is 8.54. The molecular formula is C37H55FN6O3. The van der Waals surface area contributed by atoms with Gasteiger partial charge in [0.05, 0.1) is 11.8 Å². The van der Waals surface area contributed by atoms with Crippen LogP contribution in [0.5, 0.6) is 11.5 Å². The quantitative estimate of drug-likeness (QED) is 0.322. The third-order valence-corrected chi connectivity index (χ3v) is 11.2. The Hall–Kier alpha value is -2.82. The number of likely N-dealkylation sites (tertiary alicyclic amines) is 1. The van der Waals surface area contributed by atoms with Gasteiger partial charge in [-0.3, -0.25) is 4.79 Å². The number of nitrogens with one attached hydrogen (secondary N) is 1. The van der Waals surface area contributed by atoms with E-state index in [1.807, 2.05) is 27.7 Å². The van der Waals surface area contributed by atoms with Crippen molar-refractivity contribution >= 4 is 11.7 Å². The number of hydrogen-bond acceptors (Lipinski definition) is 8. The van der Waals surface area contributed by atoms with Crippen LogP contribution in [0.3, 0.4) is 0 Å². The summed E-state index contributed by atoms with van der Waals surface area (Å²) >= 11 is 0. The third kappa shape index (κ3) is 8.26. The Kier molecular flexibility index (Phi) is 11.0. The normalized spacial score (nSPS) is 22.8. The first kappa shape index (κ1) is 34.1. The van der Waals surface area contributed by atoms with Crippen LogP contribution in [0.15, 0.2) is 30.7 Å². The van der Waals surface area contributed by atoms with Crippen LogP contribution < -0.4 is 15.0 Å². The van der Waals surface area contributed by atoms with Gasteiger partial charge in [-0.25, -0.2) is 14.4 Å². The molecule has 4 heterocycles. The van der Waals surface area contributed by atoms with Crippen LogP contribution in [0.2, 0.25) is 0 Å². The molecule has 4 fully saturated rings. The minimum Gasteiger partial charge on any atom is -0.451 e. The van der Waals surface area contributed by atoms with Gasteiger partial charge >= 0.3 is 0 Å². The molecule has 0 bridgehead atoms. The number of piperidine rings is 1. The molecule has 0 unspecified atom stereocenters. The van der Waals surface area contributed by atoms with Crippen LogP contribution in [-0.2, 0) is 4.74 Å².